The van der Waals surface area contributed by atoms with Gasteiger partial charge in [0.15, 0.2) is 0 Å². The number of rotatable bonds is 6. The van der Waals surface area contributed by atoms with Crippen LogP contribution in [0.15, 0.2) is 30.3 Å². The molecular weight excluding hydrogens is 304 g/mol. The minimum atomic E-state index is -4.04. The molecule has 0 saturated heterocycles. The highest BCUT2D eigenvalue weighted by Crippen LogP contribution is 2.23. The number of nitrogens with zero attached hydrogens (tertiary/aromatic N) is 1. The summed E-state index contributed by atoms with van der Waals surface area (Å²) in [5.41, 5.74) is 0.632. The first-order valence-electron chi connectivity index (χ1n) is 7.53. The van der Waals surface area contributed by atoms with Crippen LogP contribution in [-0.2, 0) is 16.8 Å². The summed E-state index contributed by atoms with van der Waals surface area (Å²) in [6, 6.07) is 8.69. The average Bonchev–Trinajstić information content (AvgIpc) is 2.52. The van der Waals surface area contributed by atoms with Gasteiger partial charge in [-0.2, -0.15) is 17.4 Å². The van der Waals surface area contributed by atoms with Crippen LogP contribution in [0.5, 0.6) is 0 Å². The summed E-state index contributed by atoms with van der Waals surface area (Å²) in [6.07, 6.45) is 3.93. The second-order valence-electron chi connectivity index (χ2n) is 5.63. The lowest BCUT2D eigenvalue weighted by atomic mass is 9.90. The molecule has 6 nitrogen and oxygen atoms in total. The maximum absolute atomic E-state index is 12.3. The molecule has 7 heteroatoms. The van der Waals surface area contributed by atoms with Gasteiger partial charge < -0.3 is 5.11 Å². The molecule has 1 fully saturated rings. The van der Waals surface area contributed by atoms with E-state index in [0.717, 1.165) is 25.7 Å². The normalized spacial score (nSPS) is 16.4. The maximum atomic E-state index is 12.3. The van der Waals surface area contributed by atoms with Crippen LogP contribution in [0, 0.1) is 5.92 Å². The third kappa shape index (κ3) is 4.71. The fourth-order valence-corrected chi connectivity index (χ4v) is 3.82. The van der Waals surface area contributed by atoms with Gasteiger partial charge in [-0.3, -0.25) is 0 Å². The molecule has 1 amide bonds. The third-order valence-electron chi connectivity index (χ3n) is 3.95. The standard InChI is InChI=1S/C15H22N2O4S/c18-15(19)17(12-14-9-5-2-6-10-14)22(20,21)16-11-13-7-3-1-4-8-13/h2,5-6,9-10,13,16H,1,3-4,7-8,11-12H2,(H,18,19). The highest BCUT2D eigenvalue weighted by molar-refractivity contribution is 7.87. The van der Waals surface area contributed by atoms with E-state index in [1.807, 2.05) is 0 Å². The number of hydrogen-bond donors (Lipinski definition) is 2. The fraction of sp³-hybridized carbons (Fsp3) is 0.533. The van der Waals surface area contributed by atoms with Crippen molar-refractivity contribution in [1.82, 2.24) is 9.03 Å². The molecule has 0 bridgehead atoms. The van der Waals surface area contributed by atoms with Crippen molar-refractivity contribution in [2.75, 3.05) is 6.54 Å². The van der Waals surface area contributed by atoms with Crippen LogP contribution >= 0.6 is 0 Å². The molecule has 1 saturated carbocycles. The molecular formula is C15H22N2O4S. The number of benzene rings is 1. The Morgan fingerprint density at radius 3 is 2.41 bits per heavy atom. The molecule has 0 aliphatic heterocycles. The van der Waals surface area contributed by atoms with Gasteiger partial charge >= 0.3 is 16.3 Å². The van der Waals surface area contributed by atoms with Crippen LogP contribution in [0.3, 0.4) is 0 Å². The Labute approximate surface area is 131 Å². The van der Waals surface area contributed by atoms with Gasteiger partial charge in [0.25, 0.3) is 0 Å². The van der Waals surface area contributed by atoms with E-state index in [1.54, 1.807) is 30.3 Å². The largest absolute Gasteiger partial charge is 0.464 e. The molecule has 1 aliphatic carbocycles. The van der Waals surface area contributed by atoms with E-state index >= 15 is 0 Å². The lowest BCUT2D eigenvalue weighted by molar-refractivity contribution is 0.170. The van der Waals surface area contributed by atoms with Crippen LogP contribution in [0.25, 0.3) is 0 Å². The summed E-state index contributed by atoms with van der Waals surface area (Å²) in [7, 11) is -4.04. The zero-order valence-electron chi connectivity index (χ0n) is 12.4. The van der Waals surface area contributed by atoms with Crippen LogP contribution in [0.4, 0.5) is 4.79 Å². The molecule has 0 spiro atoms. The summed E-state index contributed by atoms with van der Waals surface area (Å²) in [4.78, 5) is 11.3. The van der Waals surface area contributed by atoms with Crippen molar-refractivity contribution in [3.8, 4) is 0 Å². The van der Waals surface area contributed by atoms with Gasteiger partial charge in [0.1, 0.15) is 0 Å². The van der Waals surface area contributed by atoms with Crippen molar-refractivity contribution in [2.45, 2.75) is 38.6 Å². The van der Waals surface area contributed by atoms with Gasteiger partial charge in [-0.05, 0) is 24.3 Å². The highest BCUT2D eigenvalue weighted by atomic mass is 32.2. The smallest absolute Gasteiger partial charge is 0.422 e. The first-order valence-corrected chi connectivity index (χ1v) is 8.97. The van der Waals surface area contributed by atoms with Crippen molar-refractivity contribution in [3.05, 3.63) is 35.9 Å². The van der Waals surface area contributed by atoms with Crippen LogP contribution in [0.1, 0.15) is 37.7 Å². The van der Waals surface area contributed by atoms with Crippen molar-refractivity contribution < 1.29 is 18.3 Å². The Morgan fingerprint density at radius 2 is 1.82 bits per heavy atom. The first kappa shape index (κ1) is 16.8. The van der Waals surface area contributed by atoms with E-state index in [2.05, 4.69) is 4.72 Å². The third-order valence-corrected chi connectivity index (χ3v) is 5.35. The maximum Gasteiger partial charge on any atom is 0.422 e. The van der Waals surface area contributed by atoms with Gasteiger partial charge in [-0.25, -0.2) is 4.79 Å². The molecule has 0 heterocycles. The number of carboxylic acid groups (broad SMARTS) is 1. The van der Waals surface area contributed by atoms with Crippen molar-refractivity contribution in [2.24, 2.45) is 5.92 Å². The minimum Gasteiger partial charge on any atom is -0.464 e. The molecule has 0 unspecified atom stereocenters. The van der Waals surface area contributed by atoms with Gasteiger partial charge in [-0.1, -0.05) is 49.6 Å². The van der Waals surface area contributed by atoms with E-state index in [-0.39, 0.29) is 6.54 Å². The molecule has 2 rings (SSSR count). The molecule has 0 radical (unpaired) electrons. The summed E-state index contributed by atoms with van der Waals surface area (Å²) in [6.45, 7) is 0.122. The minimum absolute atomic E-state index is 0.184. The average molecular weight is 326 g/mol. The van der Waals surface area contributed by atoms with E-state index < -0.39 is 16.3 Å². The Hall–Kier alpha value is -1.60. The number of hydrogen-bond acceptors (Lipinski definition) is 3. The molecule has 1 aromatic rings. The van der Waals surface area contributed by atoms with Gasteiger partial charge in [0.2, 0.25) is 0 Å². The Bertz CT molecular complexity index is 583. The summed E-state index contributed by atoms with van der Waals surface area (Å²) in [5.74, 6) is 0.302. The molecule has 1 aromatic carbocycles. The van der Waals surface area contributed by atoms with Crippen LogP contribution in [0.2, 0.25) is 0 Å². The Kier molecular flexibility index (Phi) is 5.79. The fourth-order valence-electron chi connectivity index (χ4n) is 2.70. The molecule has 122 valence electrons. The lowest BCUT2D eigenvalue weighted by Crippen LogP contribution is -2.44. The van der Waals surface area contributed by atoms with Crippen LogP contribution in [-0.4, -0.2) is 30.5 Å². The Balaban J connectivity index is 2.00. The SMILES string of the molecule is O=C(O)N(Cc1ccccc1)S(=O)(=O)NCC1CCCCC1. The predicted octanol–water partition coefficient (Wildman–Crippen LogP) is 2.58. The van der Waals surface area contributed by atoms with E-state index in [0.29, 0.717) is 22.3 Å². The van der Waals surface area contributed by atoms with E-state index in [1.165, 1.54) is 6.42 Å². The van der Waals surface area contributed by atoms with Gasteiger partial charge in [0, 0.05) is 6.54 Å². The predicted molar refractivity (Wildman–Crippen MR) is 83.5 cm³/mol. The monoisotopic (exact) mass is 326 g/mol. The molecule has 1 aliphatic rings. The number of amides is 1. The number of nitrogens with one attached hydrogen (secondary N) is 1. The topological polar surface area (TPSA) is 86.7 Å². The zero-order valence-corrected chi connectivity index (χ0v) is 13.3. The first-order chi connectivity index (χ1) is 10.5. The quantitative estimate of drug-likeness (QED) is 0.841. The molecule has 0 aromatic heterocycles. The summed E-state index contributed by atoms with van der Waals surface area (Å²) in [5, 5.41) is 9.21. The molecule has 0 atom stereocenters. The summed E-state index contributed by atoms with van der Waals surface area (Å²) < 4.78 is 27.4. The molecule has 22 heavy (non-hydrogen) atoms. The van der Waals surface area contributed by atoms with E-state index in [4.69, 9.17) is 0 Å². The number of carbonyl (C=O) groups is 1. The molecule has 2 N–H and O–H groups in total. The van der Waals surface area contributed by atoms with E-state index in [9.17, 15) is 18.3 Å². The zero-order chi connectivity index (χ0) is 16.0. The second-order valence-corrected chi connectivity index (χ2v) is 7.31. The van der Waals surface area contributed by atoms with Crippen molar-refractivity contribution >= 4 is 16.3 Å². The Morgan fingerprint density at radius 1 is 1.18 bits per heavy atom. The van der Waals surface area contributed by atoms with Crippen molar-refractivity contribution in [3.63, 3.8) is 0 Å². The second kappa shape index (κ2) is 7.60. The lowest BCUT2D eigenvalue weighted by Gasteiger charge is -2.24. The highest BCUT2D eigenvalue weighted by Gasteiger charge is 2.28. The van der Waals surface area contributed by atoms with Crippen LogP contribution < -0.4 is 4.72 Å². The summed E-state index contributed by atoms with van der Waals surface area (Å²) >= 11 is 0. The van der Waals surface area contributed by atoms with Gasteiger partial charge in [0.05, 0.1) is 6.54 Å². The van der Waals surface area contributed by atoms with Gasteiger partial charge in [-0.15, -0.1) is 0 Å². The van der Waals surface area contributed by atoms with Crippen molar-refractivity contribution in [1.29, 1.82) is 0 Å².